The number of likely N-dealkylation sites (tertiary alicyclic amines) is 1. The first-order chi connectivity index (χ1) is 53.9. The minimum Gasteiger partial charge on any atom is -0.379 e. The number of anilines is 1. The molecule has 2 bridgehead atoms. The third kappa shape index (κ3) is 29.5. The van der Waals surface area contributed by atoms with Crippen molar-refractivity contribution < 1.29 is 71.7 Å². The number of carbonyl (C=O) groups is 11. The molecule has 2 unspecified atom stereocenters. The first-order valence-corrected chi connectivity index (χ1v) is 41.7. The number of nitrogens with one attached hydrogen (secondary N) is 8. The van der Waals surface area contributed by atoms with Gasteiger partial charge < -0.3 is 71.7 Å². The van der Waals surface area contributed by atoms with Crippen LogP contribution in [-0.2, 0) is 80.0 Å². The van der Waals surface area contributed by atoms with Gasteiger partial charge in [0.1, 0.15) is 24.2 Å². The number of azide groups is 1. The fourth-order valence-corrected chi connectivity index (χ4v) is 17.5. The van der Waals surface area contributed by atoms with Crippen LogP contribution < -0.4 is 48.3 Å². The molecule has 14 atom stereocenters. The topological polar surface area (TPSA) is 431 Å². The minimum atomic E-state index is -1.49. The second-order valence-corrected chi connectivity index (χ2v) is 33.3. The Labute approximate surface area is 673 Å². The van der Waals surface area contributed by atoms with Crippen LogP contribution in [0, 0.1) is 23.7 Å². The summed E-state index contributed by atoms with van der Waals surface area (Å²) in [4.78, 5) is 166. The summed E-state index contributed by atoms with van der Waals surface area (Å²) in [6.45, 7) is 16.9. The normalized spacial score (nSPS) is 18.9. The average molecular weight is 1620 g/mol. The molecule has 6 rings (SSSR count). The number of rotatable bonds is 41. The summed E-state index contributed by atoms with van der Waals surface area (Å²) in [5.41, 5.74) is 19.5. The van der Waals surface area contributed by atoms with E-state index in [1.165, 1.54) is 91.6 Å². The molecule has 2 aromatic carbocycles. The van der Waals surface area contributed by atoms with Crippen molar-refractivity contribution in [3.8, 4) is 0 Å². The van der Waals surface area contributed by atoms with E-state index in [-0.39, 0.29) is 106 Å². The molecular formula is C79H123N17O15S2. The summed E-state index contributed by atoms with van der Waals surface area (Å²) in [5.74, 6) is -5.34. The predicted molar refractivity (Wildman–Crippen MR) is 435 cm³/mol. The number of methoxy groups -OCH3 is 2. The Hall–Kier alpha value is -8.24. The van der Waals surface area contributed by atoms with Crippen LogP contribution >= 0.6 is 23.5 Å². The lowest BCUT2D eigenvalue weighted by atomic mass is 9.89. The molecule has 12 amide bonds. The van der Waals surface area contributed by atoms with Crippen molar-refractivity contribution in [1.82, 2.24) is 61.9 Å². The van der Waals surface area contributed by atoms with Gasteiger partial charge >= 0.3 is 6.03 Å². The number of amides is 12. The summed E-state index contributed by atoms with van der Waals surface area (Å²) < 4.78 is 23.2. The van der Waals surface area contributed by atoms with Gasteiger partial charge in [-0.2, -0.15) is 23.5 Å². The van der Waals surface area contributed by atoms with Gasteiger partial charge in [-0.25, -0.2) is 14.8 Å². The number of thioether (sulfide) groups is 2. The van der Waals surface area contributed by atoms with Crippen LogP contribution in [0.15, 0.2) is 47.6 Å². The van der Waals surface area contributed by atoms with Gasteiger partial charge in [0.2, 0.25) is 53.2 Å². The van der Waals surface area contributed by atoms with Gasteiger partial charge in [-0.05, 0) is 126 Å². The lowest BCUT2D eigenvalue weighted by molar-refractivity contribution is -0.148. The number of carbonyl (C=O) groups excluding carboxylic acids is 11. The monoisotopic (exact) mass is 1610 g/mol. The molecule has 0 spiro atoms. The largest absolute Gasteiger partial charge is 0.379 e. The van der Waals surface area contributed by atoms with E-state index < -0.39 is 114 Å². The van der Waals surface area contributed by atoms with E-state index in [1.807, 2.05) is 90.1 Å². The molecule has 1 aromatic heterocycles. The molecular weight excluding hydrogens is 1490 g/mol. The molecule has 3 aromatic rings. The summed E-state index contributed by atoms with van der Waals surface area (Å²) in [6, 6.07) is 3.61. The minimum absolute atomic E-state index is 0.0151. The molecule has 1 saturated carbocycles. The summed E-state index contributed by atoms with van der Waals surface area (Å²) >= 11 is 4.02. The third-order valence-corrected chi connectivity index (χ3v) is 23.8. The number of ether oxygens (including phenoxy) is 4. The predicted octanol–water partition coefficient (Wildman–Crippen LogP) is 6.84. The fraction of sp³-hybridized carbons (Fsp3) is 0.684. The number of hydrogen-bond acceptors (Lipinski definition) is 21. The molecule has 626 valence electrons. The van der Waals surface area contributed by atoms with E-state index in [2.05, 4.69) is 52.6 Å². The van der Waals surface area contributed by atoms with Crippen molar-refractivity contribution in [2.24, 2.45) is 34.5 Å². The van der Waals surface area contributed by atoms with Crippen LogP contribution in [0.5, 0.6) is 0 Å². The number of aromatic nitrogens is 2. The Kier molecular flexibility index (Phi) is 39.4. The van der Waals surface area contributed by atoms with Crippen LogP contribution in [0.1, 0.15) is 180 Å². The average Bonchev–Trinajstić information content (AvgIpc) is 1.35. The molecule has 113 heavy (non-hydrogen) atoms. The van der Waals surface area contributed by atoms with Gasteiger partial charge in [-0.15, -0.1) is 0 Å². The van der Waals surface area contributed by atoms with E-state index in [9.17, 15) is 58.3 Å². The van der Waals surface area contributed by atoms with Gasteiger partial charge in [0.15, 0.2) is 0 Å². The van der Waals surface area contributed by atoms with Crippen molar-refractivity contribution in [3.05, 3.63) is 75.4 Å². The first-order valence-electron chi connectivity index (χ1n) is 39.6. The number of nitrogens with two attached hydrogens (primary N) is 1. The van der Waals surface area contributed by atoms with Crippen molar-refractivity contribution in [2.45, 2.75) is 241 Å². The van der Waals surface area contributed by atoms with Crippen molar-refractivity contribution in [2.75, 3.05) is 86.7 Å². The number of primary amides is 1. The highest BCUT2D eigenvalue weighted by Crippen LogP contribution is 2.38. The lowest BCUT2D eigenvalue weighted by Crippen LogP contribution is -2.59. The number of fused-ring (bicyclic) bond motifs is 4. The van der Waals surface area contributed by atoms with Crippen LogP contribution in [0.2, 0.25) is 0 Å². The number of urea groups is 1. The maximum Gasteiger partial charge on any atom is 0.321 e. The Morgan fingerprint density at radius 1 is 0.690 bits per heavy atom. The Morgan fingerprint density at radius 3 is 1.92 bits per heavy atom. The summed E-state index contributed by atoms with van der Waals surface area (Å²) in [5, 5.41) is 26.0. The highest BCUT2D eigenvalue weighted by Gasteiger charge is 2.44. The maximum atomic E-state index is 14.5. The molecule has 10 N–H and O–H groups in total. The Morgan fingerprint density at radius 2 is 1.32 bits per heavy atom. The smallest absolute Gasteiger partial charge is 0.321 e. The van der Waals surface area contributed by atoms with Gasteiger partial charge in [-0.3, -0.25) is 58.2 Å². The highest BCUT2D eigenvalue weighted by molar-refractivity contribution is 8.00. The second kappa shape index (κ2) is 47.6. The summed E-state index contributed by atoms with van der Waals surface area (Å²) in [7, 11) is 8.23. The molecule has 3 aliphatic rings. The lowest BCUT2D eigenvalue weighted by Gasteiger charge is -2.41. The zero-order valence-electron chi connectivity index (χ0n) is 68.3. The molecule has 1 saturated heterocycles. The fourth-order valence-electron chi connectivity index (χ4n) is 14.7. The van der Waals surface area contributed by atoms with Gasteiger partial charge in [0.05, 0.1) is 97.9 Å². The molecule has 32 nitrogen and oxygen atoms in total. The Bertz CT molecular complexity index is 3710. The van der Waals surface area contributed by atoms with Crippen molar-refractivity contribution in [3.63, 3.8) is 0 Å². The van der Waals surface area contributed by atoms with Gasteiger partial charge in [0.25, 0.3) is 5.91 Å². The van der Waals surface area contributed by atoms with E-state index in [0.29, 0.717) is 53.0 Å². The number of nitrogens with zero attached hydrogens (tertiary/aromatic N) is 8. The number of imide groups is 1. The van der Waals surface area contributed by atoms with Crippen molar-refractivity contribution >= 4 is 105 Å². The third-order valence-electron chi connectivity index (χ3n) is 21.1. The van der Waals surface area contributed by atoms with E-state index in [0.717, 1.165) is 28.4 Å². The van der Waals surface area contributed by atoms with Gasteiger partial charge in [-0.1, -0.05) is 104 Å². The zero-order chi connectivity index (χ0) is 83.0. The highest BCUT2D eigenvalue weighted by atomic mass is 32.2. The number of benzene rings is 2. The molecule has 2 fully saturated rings. The van der Waals surface area contributed by atoms with Crippen LogP contribution in [0.25, 0.3) is 21.5 Å². The standard InChI is InChI=1S/C79H123N17O15S2/c1-15-48(6)70(95(12)78(106)68(46(2)3)91-77(105)69(47(4)5)94(10)11)64(108-13)42-67(99)96-33-21-24-63(96)71(109-14)49(7)72(100)92-79(107)87-55(43-83-93-81)38-52-25-28-54(29-26-52)86-76(104)60(41-65(80)97)90-74(102)51(9)85-73(101)50(8)84-66(98)31-34-110-36-37-111-35-32-82-75(103)53-27-30-58-59(39-53)89-62-45-113-57-23-20-18-16-17-19-22-56(40-57)112-44-61(62)88-58/h25-30,39,46-51,55-57,60,63-64,68-71H,15-24,31-38,40-45H2,1-14H3,(H2,80,97)(H,82,103)(H,84,98)(H,85,101)(H,86,104)(H,90,102)(H,91,105)(H2,87,92,100,107)/t48-,49+,50-,51-,55-,56?,57?,60-,63-,64+,68-,69-,70-,71+/m0/s1. The second-order valence-electron chi connectivity index (χ2n) is 30.7. The number of hydrogen-bond donors (Lipinski definition) is 9. The van der Waals surface area contributed by atoms with Crippen LogP contribution in [0.3, 0.4) is 0 Å². The molecule has 3 heterocycles. The molecule has 1 aliphatic carbocycles. The molecule has 34 heteroatoms. The Balaban J connectivity index is 0.903. The van der Waals surface area contributed by atoms with Gasteiger partial charge in [0, 0.05) is 91.5 Å². The quantitative estimate of drug-likeness (QED) is 0.0121. The first kappa shape index (κ1) is 93.6. The zero-order valence-corrected chi connectivity index (χ0v) is 70.0. The summed E-state index contributed by atoms with van der Waals surface area (Å²) in [6.07, 6.45) is 9.63. The SMILES string of the molecule is CC[C@H](C)[C@@H]([C@@H](CC(=O)N1CCC[C@H]1[C@H](OC)[C@@H](C)C(=O)NC(=O)N[C@H](CN=[N+]=[N-])Cc1ccc(NC(=O)[C@H](CC(N)=O)NC(=O)[C@H](C)NC(=O)[C@H](C)NC(=O)CCOCCOCCNC(=O)c2ccc3nc4c(nc3c2)CSC2CCCCCCCC(C2)SC4)cc1)OC)N(C)C(=O)[C@@H](NC(=O)[C@H](C(C)C)N(C)C)C(C)C. The number of likely N-dealkylation sites (N-methyl/N-ethyl adjacent to an activating group) is 2. The van der Waals surface area contributed by atoms with Crippen molar-refractivity contribution in [1.29, 1.82) is 0 Å². The van der Waals surface area contributed by atoms with Crippen LogP contribution in [0.4, 0.5) is 10.5 Å². The molecule has 0 radical (unpaired) electrons. The molecule has 2 aliphatic heterocycles. The van der Waals surface area contributed by atoms with Crippen LogP contribution in [-0.4, -0.2) is 242 Å². The van der Waals surface area contributed by atoms with E-state index >= 15 is 0 Å². The van der Waals surface area contributed by atoms with E-state index in [1.54, 1.807) is 48.0 Å². The maximum absolute atomic E-state index is 14.5. The van der Waals surface area contributed by atoms with E-state index in [4.69, 9.17) is 34.6 Å².